The summed E-state index contributed by atoms with van der Waals surface area (Å²) in [6.07, 6.45) is 1.44. The summed E-state index contributed by atoms with van der Waals surface area (Å²) in [5.41, 5.74) is 3.44. The molecule has 3 aromatic carbocycles. The molecule has 0 fully saturated rings. The maximum atomic E-state index is 13.4. The molecular weight excluding hydrogens is 482 g/mol. The minimum Gasteiger partial charge on any atom is -0.372 e. The number of hydrogen-bond donors (Lipinski definition) is 1. The van der Waals surface area contributed by atoms with Crippen molar-refractivity contribution in [1.29, 1.82) is 0 Å². The number of nitro groups is 1. The monoisotopic (exact) mass is 509 g/mol. The topological polar surface area (TPSA) is 125 Å². The zero-order chi connectivity index (χ0) is 26.1. The van der Waals surface area contributed by atoms with E-state index < -0.39 is 33.1 Å². The summed E-state index contributed by atoms with van der Waals surface area (Å²) in [4.78, 5) is 25.6. The van der Waals surface area contributed by atoms with Crippen molar-refractivity contribution < 1.29 is 18.1 Å². The standard InChI is InChI=1S/C25H27N5O5S/c1-3-28(4-2)21-16-14-20(15-17-21)18-26-27-25(31)19-29(23-12-8-9-13-24(23)30(32)33)36(34,35)22-10-6-5-7-11-22/h5-18H,3-4,19H2,1-2H3,(H,27,31). The number of hydrazone groups is 1. The molecule has 0 unspecified atom stereocenters. The highest BCUT2D eigenvalue weighted by Crippen LogP contribution is 2.31. The van der Waals surface area contributed by atoms with Crippen molar-refractivity contribution in [2.24, 2.45) is 5.10 Å². The molecule has 1 amide bonds. The molecule has 0 aliphatic carbocycles. The van der Waals surface area contributed by atoms with E-state index >= 15 is 0 Å². The lowest BCUT2D eigenvalue weighted by Gasteiger charge is -2.23. The molecule has 0 radical (unpaired) electrons. The van der Waals surface area contributed by atoms with E-state index in [4.69, 9.17) is 0 Å². The number of nitrogens with one attached hydrogen (secondary N) is 1. The Balaban J connectivity index is 1.82. The van der Waals surface area contributed by atoms with Gasteiger partial charge < -0.3 is 4.90 Å². The first kappa shape index (κ1) is 26.4. The van der Waals surface area contributed by atoms with Gasteiger partial charge in [0.05, 0.1) is 16.0 Å². The van der Waals surface area contributed by atoms with Crippen LogP contribution >= 0.6 is 0 Å². The molecule has 0 heterocycles. The molecule has 3 aromatic rings. The van der Waals surface area contributed by atoms with Crippen LogP contribution in [0.4, 0.5) is 17.1 Å². The molecule has 36 heavy (non-hydrogen) atoms. The molecule has 1 N–H and O–H groups in total. The fraction of sp³-hybridized carbons (Fsp3) is 0.200. The van der Waals surface area contributed by atoms with E-state index in [0.717, 1.165) is 24.3 Å². The van der Waals surface area contributed by atoms with Crippen LogP contribution in [-0.2, 0) is 14.8 Å². The smallest absolute Gasteiger partial charge is 0.293 e. The maximum Gasteiger partial charge on any atom is 0.293 e. The average molecular weight is 510 g/mol. The lowest BCUT2D eigenvalue weighted by Crippen LogP contribution is -2.39. The van der Waals surface area contributed by atoms with Crippen LogP contribution in [0.1, 0.15) is 19.4 Å². The van der Waals surface area contributed by atoms with Crippen LogP contribution in [-0.4, -0.2) is 45.1 Å². The number of para-hydroxylation sites is 2. The number of nitrogens with zero attached hydrogens (tertiary/aromatic N) is 4. The van der Waals surface area contributed by atoms with Crippen molar-refractivity contribution in [1.82, 2.24) is 5.43 Å². The molecule has 188 valence electrons. The molecule has 0 atom stereocenters. The molecule has 0 spiro atoms. The van der Waals surface area contributed by atoms with Crippen molar-refractivity contribution in [2.75, 3.05) is 28.8 Å². The van der Waals surface area contributed by atoms with Gasteiger partial charge in [-0.25, -0.2) is 18.1 Å². The molecule has 0 aliphatic heterocycles. The second kappa shape index (κ2) is 11.9. The van der Waals surface area contributed by atoms with E-state index in [0.29, 0.717) is 4.31 Å². The zero-order valence-electron chi connectivity index (χ0n) is 19.9. The van der Waals surface area contributed by atoms with Gasteiger partial charge in [0.1, 0.15) is 12.2 Å². The summed E-state index contributed by atoms with van der Waals surface area (Å²) >= 11 is 0. The Morgan fingerprint density at radius 2 is 1.58 bits per heavy atom. The van der Waals surface area contributed by atoms with Gasteiger partial charge in [-0.2, -0.15) is 5.10 Å². The Labute approximate surface area is 210 Å². The number of carbonyl (C=O) groups is 1. The maximum absolute atomic E-state index is 13.4. The van der Waals surface area contributed by atoms with E-state index in [2.05, 4.69) is 29.3 Å². The highest BCUT2D eigenvalue weighted by molar-refractivity contribution is 7.92. The molecule has 0 aromatic heterocycles. The molecule has 10 nitrogen and oxygen atoms in total. The van der Waals surface area contributed by atoms with E-state index in [1.807, 2.05) is 24.3 Å². The fourth-order valence-corrected chi connectivity index (χ4v) is 5.01. The molecule has 11 heteroatoms. The normalized spacial score (nSPS) is 11.3. The third kappa shape index (κ3) is 6.25. The first-order chi connectivity index (χ1) is 17.3. The summed E-state index contributed by atoms with van der Waals surface area (Å²) in [6, 6.07) is 20.4. The summed E-state index contributed by atoms with van der Waals surface area (Å²) in [5, 5.41) is 15.5. The minimum absolute atomic E-state index is 0.104. The van der Waals surface area contributed by atoms with Crippen LogP contribution in [0.5, 0.6) is 0 Å². The quantitative estimate of drug-likeness (QED) is 0.238. The van der Waals surface area contributed by atoms with Gasteiger partial charge >= 0.3 is 0 Å². The van der Waals surface area contributed by atoms with Crippen molar-refractivity contribution in [3.05, 3.63) is 94.5 Å². The molecule has 0 aliphatic rings. The second-order valence-corrected chi connectivity index (χ2v) is 9.49. The second-order valence-electron chi connectivity index (χ2n) is 7.63. The van der Waals surface area contributed by atoms with Gasteiger partial charge in [0, 0.05) is 24.8 Å². The van der Waals surface area contributed by atoms with Crippen LogP contribution in [0, 0.1) is 10.1 Å². The summed E-state index contributed by atoms with van der Waals surface area (Å²) in [5.74, 6) is -0.760. The number of anilines is 2. The summed E-state index contributed by atoms with van der Waals surface area (Å²) < 4.78 is 27.4. The Hall–Kier alpha value is -4.25. The van der Waals surface area contributed by atoms with Crippen LogP contribution in [0.2, 0.25) is 0 Å². The largest absolute Gasteiger partial charge is 0.372 e. The Morgan fingerprint density at radius 1 is 0.972 bits per heavy atom. The van der Waals surface area contributed by atoms with Gasteiger partial charge in [-0.05, 0) is 49.7 Å². The van der Waals surface area contributed by atoms with Crippen molar-refractivity contribution >= 4 is 39.2 Å². The number of hydrogen-bond acceptors (Lipinski definition) is 7. The van der Waals surface area contributed by atoms with Crippen molar-refractivity contribution in [3.8, 4) is 0 Å². The Kier molecular flexibility index (Phi) is 8.74. The van der Waals surface area contributed by atoms with Crippen LogP contribution < -0.4 is 14.6 Å². The predicted octanol–water partition coefficient (Wildman–Crippen LogP) is 3.79. The molecule has 0 saturated carbocycles. The van der Waals surface area contributed by atoms with Gasteiger partial charge in [-0.3, -0.25) is 14.9 Å². The number of rotatable bonds is 11. The van der Waals surface area contributed by atoms with Crippen molar-refractivity contribution in [3.63, 3.8) is 0 Å². The molecule has 3 rings (SSSR count). The third-order valence-corrected chi connectivity index (χ3v) is 7.16. The highest BCUT2D eigenvalue weighted by Gasteiger charge is 2.31. The highest BCUT2D eigenvalue weighted by atomic mass is 32.2. The molecular formula is C25H27N5O5S. The number of nitro benzene ring substituents is 1. The summed E-state index contributed by atoms with van der Waals surface area (Å²) in [7, 11) is -4.29. The molecule has 0 bridgehead atoms. The van der Waals surface area contributed by atoms with Gasteiger partial charge in [0.15, 0.2) is 0 Å². The van der Waals surface area contributed by atoms with E-state index in [1.165, 1.54) is 54.7 Å². The van der Waals surface area contributed by atoms with Crippen LogP contribution in [0.25, 0.3) is 0 Å². The number of benzene rings is 3. The number of carbonyl (C=O) groups excluding carboxylic acids is 1. The van der Waals surface area contributed by atoms with Gasteiger partial charge in [-0.15, -0.1) is 0 Å². The summed E-state index contributed by atoms with van der Waals surface area (Å²) in [6.45, 7) is 5.18. The number of amides is 1. The predicted molar refractivity (Wildman–Crippen MR) is 140 cm³/mol. The van der Waals surface area contributed by atoms with Crippen molar-refractivity contribution in [2.45, 2.75) is 18.7 Å². The lowest BCUT2D eigenvalue weighted by atomic mass is 10.2. The minimum atomic E-state index is -4.29. The Bertz CT molecular complexity index is 1320. The Morgan fingerprint density at radius 3 is 2.19 bits per heavy atom. The first-order valence-corrected chi connectivity index (χ1v) is 12.7. The van der Waals surface area contributed by atoms with E-state index in [1.54, 1.807) is 6.07 Å². The van der Waals surface area contributed by atoms with E-state index in [-0.39, 0.29) is 10.6 Å². The average Bonchev–Trinajstić information content (AvgIpc) is 2.89. The van der Waals surface area contributed by atoms with Crippen LogP contribution in [0.15, 0.2) is 88.9 Å². The fourth-order valence-electron chi connectivity index (χ4n) is 3.55. The number of sulfonamides is 1. The van der Waals surface area contributed by atoms with Crippen LogP contribution in [0.3, 0.4) is 0 Å². The van der Waals surface area contributed by atoms with Gasteiger partial charge in [0.2, 0.25) is 0 Å². The van der Waals surface area contributed by atoms with Gasteiger partial charge in [-0.1, -0.05) is 42.5 Å². The molecule has 0 saturated heterocycles. The first-order valence-electron chi connectivity index (χ1n) is 11.3. The van der Waals surface area contributed by atoms with E-state index in [9.17, 15) is 23.3 Å². The SMILES string of the molecule is CCN(CC)c1ccc(C=NNC(=O)CN(c2ccccc2[N+](=O)[O-])S(=O)(=O)c2ccccc2)cc1. The lowest BCUT2D eigenvalue weighted by molar-refractivity contribution is -0.384. The van der Waals surface area contributed by atoms with Gasteiger partial charge in [0.25, 0.3) is 21.6 Å². The zero-order valence-corrected chi connectivity index (χ0v) is 20.8. The third-order valence-electron chi connectivity index (χ3n) is 5.39.